The number of benzene rings is 1. The minimum atomic E-state index is 0.620. The van der Waals surface area contributed by atoms with Crippen LogP contribution in [-0.4, -0.2) is 11.0 Å². The Kier molecular flexibility index (Phi) is 2.59. The van der Waals surface area contributed by atoms with Crippen molar-refractivity contribution in [1.82, 2.24) is 4.98 Å². The molecule has 17 heavy (non-hydrogen) atoms. The van der Waals surface area contributed by atoms with E-state index in [1.807, 2.05) is 24.5 Å². The smallest absolute Gasteiger partial charge is 0.0424 e. The molecule has 1 saturated carbocycles. The molecule has 0 radical (unpaired) electrons. The van der Waals surface area contributed by atoms with E-state index in [9.17, 15) is 0 Å². The van der Waals surface area contributed by atoms with Crippen LogP contribution in [0.25, 0.3) is 10.8 Å². The van der Waals surface area contributed by atoms with Crippen LogP contribution in [0.3, 0.4) is 0 Å². The van der Waals surface area contributed by atoms with Gasteiger partial charge in [-0.2, -0.15) is 0 Å². The van der Waals surface area contributed by atoms with E-state index in [0.717, 1.165) is 11.1 Å². The Balaban J connectivity index is 2.01. The summed E-state index contributed by atoms with van der Waals surface area (Å²) in [6, 6.07) is 6.69. The fraction of sp³-hybridized carbons (Fsp3) is 0.357. The third-order valence-electron chi connectivity index (χ3n) is 3.57. The van der Waals surface area contributed by atoms with E-state index in [1.165, 1.54) is 36.8 Å². The van der Waals surface area contributed by atoms with Gasteiger partial charge in [0.05, 0.1) is 0 Å². The Hall–Kier alpha value is -1.77. The molecule has 1 aliphatic carbocycles. The lowest BCUT2D eigenvalue weighted by molar-refractivity contribution is 0.757. The number of aromatic nitrogens is 1. The Labute approximate surface area is 101 Å². The van der Waals surface area contributed by atoms with Crippen molar-refractivity contribution in [3.05, 3.63) is 30.6 Å². The van der Waals surface area contributed by atoms with Gasteiger partial charge in [-0.1, -0.05) is 12.8 Å². The van der Waals surface area contributed by atoms with Gasteiger partial charge in [-0.3, -0.25) is 4.98 Å². The molecule has 1 heterocycles. The van der Waals surface area contributed by atoms with Gasteiger partial charge in [-0.15, -0.1) is 0 Å². The second kappa shape index (κ2) is 4.24. The minimum absolute atomic E-state index is 0.620. The van der Waals surface area contributed by atoms with Crippen LogP contribution < -0.4 is 11.1 Å². The van der Waals surface area contributed by atoms with E-state index in [-0.39, 0.29) is 0 Å². The Morgan fingerprint density at radius 3 is 2.76 bits per heavy atom. The van der Waals surface area contributed by atoms with Gasteiger partial charge in [0.1, 0.15) is 0 Å². The minimum Gasteiger partial charge on any atom is -0.398 e. The highest BCUT2D eigenvalue weighted by atomic mass is 14.9. The summed E-state index contributed by atoms with van der Waals surface area (Å²) in [5, 5.41) is 5.84. The maximum Gasteiger partial charge on any atom is 0.0424 e. The quantitative estimate of drug-likeness (QED) is 0.775. The van der Waals surface area contributed by atoms with Crippen LogP contribution >= 0.6 is 0 Å². The van der Waals surface area contributed by atoms with Gasteiger partial charge in [-0.05, 0) is 31.0 Å². The maximum atomic E-state index is 5.97. The third kappa shape index (κ3) is 1.93. The summed E-state index contributed by atoms with van der Waals surface area (Å²) in [4.78, 5) is 4.14. The first kappa shape index (κ1) is 10.4. The number of nitrogen functional groups attached to an aromatic ring is 1. The van der Waals surface area contributed by atoms with Gasteiger partial charge in [0.2, 0.25) is 0 Å². The molecule has 1 aromatic carbocycles. The van der Waals surface area contributed by atoms with Crippen LogP contribution in [-0.2, 0) is 0 Å². The van der Waals surface area contributed by atoms with Crippen LogP contribution in [0.15, 0.2) is 30.6 Å². The molecule has 0 unspecified atom stereocenters. The van der Waals surface area contributed by atoms with E-state index < -0.39 is 0 Å². The van der Waals surface area contributed by atoms with Crippen LogP contribution in [0.5, 0.6) is 0 Å². The average molecular weight is 227 g/mol. The van der Waals surface area contributed by atoms with Crippen LogP contribution in [0.1, 0.15) is 25.7 Å². The molecule has 0 amide bonds. The lowest BCUT2D eigenvalue weighted by atomic mass is 10.1. The van der Waals surface area contributed by atoms with Crippen LogP contribution in [0, 0.1) is 0 Å². The van der Waals surface area contributed by atoms with Crippen molar-refractivity contribution in [3.63, 3.8) is 0 Å². The SMILES string of the molecule is Nc1ccc(NC2CCCC2)c2ccncc12. The molecule has 0 bridgehead atoms. The molecule has 0 aliphatic heterocycles. The Morgan fingerprint density at radius 2 is 1.94 bits per heavy atom. The van der Waals surface area contributed by atoms with Crippen molar-refractivity contribution >= 4 is 22.1 Å². The summed E-state index contributed by atoms with van der Waals surface area (Å²) in [5.74, 6) is 0. The molecule has 0 atom stereocenters. The summed E-state index contributed by atoms with van der Waals surface area (Å²) in [6.07, 6.45) is 8.89. The third-order valence-corrected chi connectivity index (χ3v) is 3.57. The number of rotatable bonds is 2. The average Bonchev–Trinajstić information content (AvgIpc) is 2.86. The summed E-state index contributed by atoms with van der Waals surface area (Å²) >= 11 is 0. The van der Waals surface area contributed by atoms with E-state index >= 15 is 0 Å². The predicted octanol–water partition coefficient (Wildman–Crippen LogP) is 3.17. The summed E-state index contributed by atoms with van der Waals surface area (Å²) in [6.45, 7) is 0. The zero-order valence-electron chi connectivity index (χ0n) is 9.82. The molecule has 1 aromatic heterocycles. The monoisotopic (exact) mass is 227 g/mol. The molecule has 3 nitrogen and oxygen atoms in total. The Bertz CT molecular complexity index is 530. The van der Waals surface area contributed by atoms with Crippen molar-refractivity contribution in [3.8, 4) is 0 Å². The molecular weight excluding hydrogens is 210 g/mol. The maximum absolute atomic E-state index is 5.97. The van der Waals surface area contributed by atoms with Gasteiger partial charge in [0.15, 0.2) is 0 Å². The number of nitrogens with zero attached hydrogens (tertiary/aromatic N) is 1. The van der Waals surface area contributed by atoms with Crippen LogP contribution in [0.4, 0.5) is 11.4 Å². The van der Waals surface area contributed by atoms with Gasteiger partial charge < -0.3 is 11.1 Å². The molecule has 3 heteroatoms. The van der Waals surface area contributed by atoms with E-state index in [4.69, 9.17) is 5.73 Å². The van der Waals surface area contributed by atoms with E-state index in [0.29, 0.717) is 6.04 Å². The lowest BCUT2D eigenvalue weighted by Crippen LogP contribution is -2.14. The fourth-order valence-electron chi connectivity index (χ4n) is 2.63. The predicted molar refractivity (Wildman–Crippen MR) is 72.0 cm³/mol. The number of hydrogen-bond acceptors (Lipinski definition) is 3. The Morgan fingerprint density at radius 1 is 1.12 bits per heavy atom. The molecule has 1 aliphatic rings. The van der Waals surface area contributed by atoms with Crippen molar-refractivity contribution < 1.29 is 0 Å². The molecule has 3 rings (SSSR count). The zero-order chi connectivity index (χ0) is 11.7. The molecular formula is C14H17N3. The van der Waals surface area contributed by atoms with Crippen molar-refractivity contribution in [2.75, 3.05) is 11.1 Å². The van der Waals surface area contributed by atoms with Crippen molar-refractivity contribution in [1.29, 1.82) is 0 Å². The first-order valence-corrected chi connectivity index (χ1v) is 6.23. The van der Waals surface area contributed by atoms with Gasteiger partial charge in [-0.25, -0.2) is 0 Å². The second-order valence-corrected chi connectivity index (χ2v) is 4.75. The summed E-state index contributed by atoms with van der Waals surface area (Å²) < 4.78 is 0. The normalized spacial score (nSPS) is 16.5. The zero-order valence-corrected chi connectivity index (χ0v) is 9.82. The molecule has 0 saturated heterocycles. The van der Waals surface area contributed by atoms with E-state index in [2.05, 4.69) is 16.4 Å². The molecule has 88 valence electrons. The largest absolute Gasteiger partial charge is 0.398 e. The summed E-state index contributed by atoms with van der Waals surface area (Å²) in [7, 11) is 0. The highest BCUT2D eigenvalue weighted by Gasteiger charge is 2.15. The number of anilines is 2. The molecule has 3 N–H and O–H groups in total. The summed E-state index contributed by atoms with van der Waals surface area (Å²) in [5.41, 5.74) is 7.95. The van der Waals surface area contributed by atoms with E-state index in [1.54, 1.807) is 0 Å². The standard InChI is InChI=1S/C14H17N3/c15-13-5-6-14(17-10-3-1-2-4-10)11-7-8-16-9-12(11)13/h5-10,17H,1-4,15H2. The first-order chi connectivity index (χ1) is 8.34. The highest BCUT2D eigenvalue weighted by molar-refractivity contribution is 6.00. The first-order valence-electron chi connectivity index (χ1n) is 6.23. The van der Waals surface area contributed by atoms with Crippen molar-refractivity contribution in [2.45, 2.75) is 31.7 Å². The van der Waals surface area contributed by atoms with Gasteiger partial charge >= 0.3 is 0 Å². The van der Waals surface area contributed by atoms with Gasteiger partial charge in [0.25, 0.3) is 0 Å². The number of pyridine rings is 1. The van der Waals surface area contributed by atoms with Crippen molar-refractivity contribution in [2.24, 2.45) is 0 Å². The van der Waals surface area contributed by atoms with Gasteiger partial charge in [0, 0.05) is 40.6 Å². The van der Waals surface area contributed by atoms with Crippen LogP contribution in [0.2, 0.25) is 0 Å². The molecule has 0 spiro atoms. The number of hydrogen-bond donors (Lipinski definition) is 2. The molecule has 2 aromatic rings. The number of fused-ring (bicyclic) bond motifs is 1. The molecule has 1 fully saturated rings. The number of nitrogens with one attached hydrogen (secondary N) is 1. The topological polar surface area (TPSA) is 50.9 Å². The highest BCUT2D eigenvalue weighted by Crippen LogP contribution is 2.30. The second-order valence-electron chi connectivity index (χ2n) is 4.75. The number of nitrogens with two attached hydrogens (primary N) is 1. The fourth-order valence-corrected chi connectivity index (χ4v) is 2.63. The lowest BCUT2D eigenvalue weighted by Gasteiger charge is -2.16.